The fourth-order valence-electron chi connectivity index (χ4n) is 4.29. The fourth-order valence-corrected chi connectivity index (χ4v) is 4.29. The fraction of sp³-hybridized carbons (Fsp3) is 0.458. The molecule has 1 N–H and O–H groups in total. The lowest BCUT2D eigenvalue weighted by Gasteiger charge is -2.39. The third kappa shape index (κ3) is 4.85. The lowest BCUT2D eigenvalue weighted by Crippen LogP contribution is -2.52. The summed E-state index contributed by atoms with van der Waals surface area (Å²) in [7, 11) is 1.83. The molecule has 8 heteroatoms. The van der Waals surface area contributed by atoms with Gasteiger partial charge >= 0.3 is 0 Å². The van der Waals surface area contributed by atoms with Gasteiger partial charge in [0.1, 0.15) is 0 Å². The second-order valence-electron chi connectivity index (χ2n) is 8.51. The predicted molar refractivity (Wildman–Crippen MR) is 126 cm³/mol. The highest BCUT2D eigenvalue weighted by Gasteiger charge is 2.22. The summed E-state index contributed by atoms with van der Waals surface area (Å²) in [6.07, 6.45) is 0. The normalized spacial score (nSPS) is 15.7. The number of pyridine rings is 1. The zero-order chi connectivity index (χ0) is 22.7. The molecule has 1 aliphatic heterocycles. The second kappa shape index (κ2) is 9.56. The minimum absolute atomic E-state index is 0.0616. The lowest BCUT2D eigenvalue weighted by atomic mass is 10.2. The van der Waals surface area contributed by atoms with Crippen molar-refractivity contribution in [2.75, 3.05) is 44.2 Å². The summed E-state index contributed by atoms with van der Waals surface area (Å²) in [5.74, 6) is 0.309. The Morgan fingerprint density at radius 1 is 1.16 bits per heavy atom. The predicted octanol–water partition coefficient (Wildman–Crippen LogP) is 2.29. The maximum absolute atomic E-state index is 12.4. The molecule has 3 heterocycles. The van der Waals surface area contributed by atoms with Gasteiger partial charge in [-0.3, -0.25) is 9.69 Å². The van der Waals surface area contributed by atoms with E-state index >= 15 is 0 Å². The molecule has 1 aliphatic rings. The van der Waals surface area contributed by atoms with E-state index in [2.05, 4.69) is 56.4 Å². The number of ether oxygens (including phenoxy) is 1. The van der Waals surface area contributed by atoms with Crippen LogP contribution in [0.25, 0.3) is 11.0 Å². The number of carbonyl (C=O) groups excluding carboxylic acids is 1. The summed E-state index contributed by atoms with van der Waals surface area (Å²) in [6, 6.07) is 12.8. The van der Waals surface area contributed by atoms with E-state index < -0.39 is 0 Å². The molecule has 0 bridgehead atoms. The van der Waals surface area contributed by atoms with Gasteiger partial charge < -0.3 is 15.0 Å². The molecule has 32 heavy (non-hydrogen) atoms. The van der Waals surface area contributed by atoms with Gasteiger partial charge in [0.05, 0.1) is 5.39 Å². The number of rotatable bonds is 7. The lowest BCUT2D eigenvalue weighted by molar-refractivity contribution is -0.123. The molecule has 0 unspecified atom stereocenters. The number of carbonyl (C=O) groups is 1. The number of benzene rings is 1. The molecule has 3 aromatic rings. The molecular weight excluding hydrogens is 404 g/mol. The number of hydrogen-bond acceptors (Lipinski definition) is 6. The highest BCUT2D eigenvalue weighted by molar-refractivity contribution is 5.85. The van der Waals surface area contributed by atoms with Crippen LogP contribution in [0.1, 0.15) is 18.2 Å². The van der Waals surface area contributed by atoms with Crippen molar-refractivity contribution in [3.8, 4) is 5.88 Å². The van der Waals surface area contributed by atoms with E-state index in [4.69, 9.17) is 4.74 Å². The molecule has 1 atom stereocenters. The van der Waals surface area contributed by atoms with E-state index in [1.165, 1.54) is 5.69 Å². The van der Waals surface area contributed by atoms with Crippen LogP contribution in [0.3, 0.4) is 0 Å². The highest BCUT2D eigenvalue weighted by Crippen LogP contribution is 2.27. The van der Waals surface area contributed by atoms with Crippen molar-refractivity contribution >= 4 is 22.6 Å². The van der Waals surface area contributed by atoms with Crippen molar-refractivity contribution in [1.82, 2.24) is 25.0 Å². The van der Waals surface area contributed by atoms with Crippen molar-refractivity contribution in [3.05, 3.63) is 47.7 Å². The van der Waals surface area contributed by atoms with Crippen molar-refractivity contribution in [2.24, 2.45) is 7.05 Å². The van der Waals surface area contributed by atoms with E-state index in [1.54, 1.807) is 4.68 Å². The van der Waals surface area contributed by atoms with E-state index in [9.17, 15) is 4.79 Å². The number of amides is 1. The molecule has 0 saturated carbocycles. The zero-order valence-corrected chi connectivity index (χ0v) is 19.3. The zero-order valence-electron chi connectivity index (χ0n) is 19.3. The van der Waals surface area contributed by atoms with Gasteiger partial charge in [-0.25, -0.2) is 9.67 Å². The van der Waals surface area contributed by atoms with Gasteiger partial charge in [0.2, 0.25) is 5.88 Å². The summed E-state index contributed by atoms with van der Waals surface area (Å²) in [5.41, 5.74) is 4.01. The Bertz CT molecular complexity index is 1070. The molecule has 1 saturated heterocycles. The van der Waals surface area contributed by atoms with Gasteiger partial charge in [-0.1, -0.05) is 18.2 Å². The molecule has 1 fully saturated rings. The molecule has 4 rings (SSSR count). The first kappa shape index (κ1) is 22.1. The van der Waals surface area contributed by atoms with E-state index in [1.807, 2.05) is 33.0 Å². The molecular formula is C24H32N6O2. The molecule has 0 spiro atoms. The number of fused-ring (bicyclic) bond motifs is 1. The van der Waals surface area contributed by atoms with Gasteiger partial charge in [0.25, 0.3) is 5.91 Å². The summed E-state index contributed by atoms with van der Waals surface area (Å²) >= 11 is 0. The number of aryl methyl sites for hydroxylation is 3. The Balaban J connectivity index is 1.25. The number of hydrogen-bond donors (Lipinski definition) is 1. The van der Waals surface area contributed by atoms with Crippen LogP contribution in [0, 0.1) is 13.8 Å². The standard InChI is InChI=1S/C24H32N6O2/c1-17-14-18(2)26-23-22(17)24(27-28(23)4)32-16-21(31)25-15-19(3)29-10-12-30(13-11-29)20-8-6-5-7-9-20/h5-9,14,19H,10-13,15-16H2,1-4H3,(H,25,31)/t19-/m1/s1. The van der Waals surface area contributed by atoms with Crippen LogP contribution in [0.4, 0.5) is 5.69 Å². The third-order valence-electron chi connectivity index (χ3n) is 6.08. The summed E-state index contributed by atoms with van der Waals surface area (Å²) in [4.78, 5) is 21.8. The second-order valence-corrected chi connectivity index (χ2v) is 8.51. The monoisotopic (exact) mass is 436 g/mol. The van der Waals surface area contributed by atoms with Gasteiger partial charge in [0, 0.05) is 57.2 Å². The molecule has 0 radical (unpaired) electrons. The van der Waals surface area contributed by atoms with Crippen molar-refractivity contribution in [1.29, 1.82) is 0 Å². The minimum Gasteiger partial charge on any atom is -0.466 e. The highest BCUT2D eigenvalue weighted by atomic mass is 16.5. The number of nitrogens with one attached hydrogen (secondary N) is 1. The van der Waals surface area contributed by atoms with Gasteiger partial charge in [-0.15, -0.1) is 5.10 Å². The molecule has 2 aromatic heterocycles. The van der Waals surface area contributed by atoms with Crippen molar-refractivity contribution in [2.45, 2.75) is 26.8 Å². The van der Waals surface area contributed by atoms with E-state index in [-0.39, 0.29) is 18.6 Å². The number of anilines is 1. The van der Waals surface area contributed by atoms with Gasteiger partial charge in [0.15, 0.2) is 12.3 Å². The van der Waals surface area contributed by atoms with Crippen LogP contribution in [-0.2, 0) is 11.8 Å². The SMILES string of the molecule is Cc1cc(C)c2c(OCC(=O)NC[C@@H](C)N3CCN(c4ccccc4)CC3)nn(C)c2n1. The Labute approximate surface area is 189 Å². The molecule has 0 aliphatic carbocycles. The number of piperazine rings is 1. The quantitative estimate of drug-likeness (QED) is 0.613. The van der Waals surface area contributed by atoms with Crippen LogP contribution in [-0.4, -0.2) is 70.9 Å². The van der Waals surface area contributed by atoms with Gasteiger partial charge in [-0.05, 0) is 44.5 Å². The minimum atomic E-state index is -0.142. The molecule has 1 aromatic carbocycles. The summed E-state index contributed by atoms with van der Waals surface area (Å²) in [5, 5.41) is 8.26. The summed E-state index contributed by atoms with van der Waals surface area (Å²) in [6.45, 7) is 10.6. The van der Waals surface area contributed by atoms with Crippen molar-refractivity contribution in [3.63, 3.8) is 0 Å². The Hall–Kier alpha value is -3.13. The Morgan fingerprint density at radius 3 is 2.59 bits per heavy atom. The van der Waals surface area contributed by atoms with E-state index in [0.717, 1.165) is 48.5 Å². The number of aromatic nitrogens is 3. The maximum Gasteiger partial charge on any atom is 0.258 e. The van der Waals surface area contributed by atoms with Crippen LogP contribution >= 0.6 is 0 Å². The topological polar surface area (TPSA) is 75.5 Å². The summed E-state index contributed by atoms with van der Waals surface area (Å²) < 4.78 is 7.45. The Morgan fingerprint density at radius 2 is 1.88 bits per heavy atom. The largest absolute Gasteiger partial charge is 0.466 e. The first-order valence-corrected chi connectivity index (χ1v) is 11.2. The average molecular weight is 437 g/mol. The van der Waals surface area contributed by atoms with Crippen LogP contribution in [0.15, 0.2) is 36.4 Å². The third-order valence-corrected chi connectivity index (χ3v) is 6.08. The molecule has 170 valence electrons. The van der Waals surface area contributed by atoms with Crippen molar-refractivity contribution < 1.29 is 9.53 Å². The van der Waals surface area contributed by atoms with Crippen LogP contribution < -0.4 is 15.0 Å². The van der Waals surface area contributed by atoms with Gasteiger partial charge in [-0.2, -0.15) is 0 Å². The number of nitrogens with zero attached hydrogens (tertiary/aromatic N) is 5. The van der Waals surface area contributed by atoms with Crippen LogP contribution in [0.5, 0.6) is 5.88 Å². The molecule has 1 amide bonds. The molecule has 8 nitrogen and oxygen atoms in total. The first-order chi connectivity index (χ1) is 15.4. The van der Waals surface area contributed by atoms with Crippen LogP contribution in [0.2, 0.25) is 0 Å². The Kier molecular flexibility index (Phi) is 6.60. The smallest absolute Gasteiger partial charge is 0.258 e. The maximum atomic E-state index is 12.4. The van der Waals surface area contributed by atoms with E-state index in [0.29, 0.717) is 12.4 Å². The first-order valence-electron chi connectivity index (χ1n) is 11.2. The number of para-hydroxylation sites is 1. The average Bonchev–Trinajstić information content (AvgIpc) is 3.12.